The van der Waals surface area contributed by atoms with Crippen molar-refractivity contribution in [2.45, 2.75) is 44.7 Å². The maximum Gasteiger partial charge on any atom is 0.350 e. The quantitative estimate of drug-likeness (QED) is 0.178. The van der Waals surface area contributed by atoms with Gasteiger partial charge in [-0.05, 0) is 89.9 Å². The average Bonchev–Trinajstić information content (AvgIpc) is 3.85. The number of anilines is 2. The Kier molecular flexibility index (Phi) is 9.71. The molecule has 2 aliphatic rings. The Labute approximate surface area is 295 Å². The van der Waals surface area contributed by atoms with Gasteiger partial charge in [0.05, 0.1) is 18.3 Å². The van der Waals surface area contributed by atoms with Gasteiger partial charge in [-0.15, -0.1) is 5.10 Å². The summed E-state index contributed by atoms with van der Waals surface area (Å²) < 4.78 is 52.0. The molecule has 12 nitrogen and oxygen atoms in total. The molecule has 50 heavy (non-hydrogen) atoms. The highest BCUT2D eigenvalue weighted by atomic mass is 79.9. The molecule has 0 N–H and O–H groups in total. The summed E-state index contributed by atoms with van der Waals surface area (Å²) in [6.45, 7) is 7.73. The average molecular weight is 752 g/mol. The summed E-state index contributed by atoms with van der Waals surface area (Å²) in [5.41, 5.74) is 2.93. The number of hydrogen-bond donors (Lipinski definition) is 0. The molecule has 2 saturated heterocycles. The normalized spacial score (nSPS) is 20.0. The highest BCUT2D eigenvalue weighted by Gasteiger charge is 2.46. The third-order valence-electron chi connectivity index (χ3n) is 9.19. The van der Waals surface area contributed by atoms with Crippen LogP contribution in [0.1, 0.15) is 31.9 Å². The maximum atomic E-state index is 14.9. The van der Waals surface area contributed by atoms with E-state index in [0.29, 0.717) is 10.5 Å². The number of aromatic nitrogens is 6. The van der Waals surface area contributed by atoms with Crippen LogP contribution in [0.15, 0.2) is 88.9 Å². The summed E-state index contributed by atoms with van der Waals surface area (Å²) in [5.74, 6) is -2.35. The van der Waals surface area contributed by atoms with E-state index in [1.165, 1.54) is 27.8 Å². The van der Waals surface area contributed by atoms with Crippen LogP contribution in [0.25, 0.3) is 5.69 Å². The van der Waals surface area contributed by atoms with Gasteiger partial charge in [-0.2, -0.15) is 5.10 Å². The molecule has 3 aromatic carbocycles. The molecule has 2 aromatic heterocycles. The molecule has 0 saturated carbocycles. The molecule has 4 heterocycles. The molecule has 0 amide bonds. The molecule has 15 heteroatoms. The van der Waals surface area contributed by atoms with Crippen LogP contribution in [0, 0.1) is 11.6 Å². The smallest absolute Gasteiger partial charge is 0.350 e. The van der Waals surface area contributed by atoms with E-state index in [-0.39, 0.29) is 37.1 Å². The minimum absolute atomic E-state index is 0.00419. The third-order valence-corrected chi connectivity index (χ3v) is 9.56. The van der Waals surface area contributed by atoms with Gasteiger partial charge in [-0.25, -0.2) is 32.5 Å². The summed E-state index contributed by atoms with van der Waals surface area (Å²) in [5, 5.41) is 8.50. The number of nitrogens with zero attached hydrogens (tertiary/aromatic N) is 8. The van der Waals surface area contributed by atoms with Gasteiger partial charge in [0.1, 0.15) is 49.3 Å². The lowest BCUT2D eigenvalue weighted by Crippen LogP contribution is -2.46. The largest absolute Gasteiger partial charge is 0.491 e. The van der Waals surface area contributed by atoms with Gasteiger partial charge in [0, 0.05) is 49.2 Å². The lowest BCUT2D eigenvalue weighted by atomic mass is 10.0. The first-order valence-electron chi connectivity index (χ1n) is 16.5. The van der Waals surface area contributed by atoms with Gasteiger partial charge in [0.25, 0.3) is 0 Å². The topological polar surface area (TPSA) is 105 Å². The summed E-state index contributed by atoms with van der Waals surface area (Å²) in [6, 6.07) is 19.3. The predicted octanol–water partition coefficient (Wildman–Crippen LogP) is 5.31. The zero-order valence-corrected chi connectivity index (χ0v) is 29.2. The predicted molar refractivity (Wildman–Crippen MR) is 186 cm³/mol. The third kappa shape index (κ3) is 7.02. The highest BCUT2D eigenvalue weighted by molar-refractivity contribution is 9.10. The van der Waals surface area contributed by atoms with E-state index in [4.69, 9.17) is 14.2 Å². The number of rotatable bonds is 11. The molecule has 0 aliphatic carbocycles. The molecule has 7 rings (SSSR count). The fraction of sp³-hybridized carbons (Fsp3) is 0.371. The zero-order valence-electron chi connectivity index (χ0n) is 27.7. The SMILES string of the molecule is CCC(C)n1ncn(-c2ccc(N3CCN(c4ccc(OC[C@@H]5CO[C@@](Cn6cnc(Br)n6)(c6ccc(F)cc6F)O5)cc4)CC3)cc2)c1=O. The summed E-state index contributed by atoms with van der Waals surface area (Å²) in [4.78, 5) is 21.5. The second-order valence-corrected chi connectivity index (χ2v) is 13.1. The minimum atomic E-state index is -1.54. The Balaban J connectivity index is 0.929. The number of piperazine rings is 1. The molecule has 1 unspecified atom stereocenters. The first kappa shape index (κ1) is 33.9. The van der Waals surface area contributed by atoms with Crippen molar-refractivity contribution in [3.8, 4) is 11.4 Å². The van der Waals surface area contributed by atoms with E-state index >= 15 is 0 Å². The number of ether oxygens (including phenoxy) is 3. The van der Waals surface area contributed by atoms with Gasteiger partial charge in [-0.1, -0.05) is 6.92 Å². The van der Waals surface area contributed by atoms with Crippen molar-refractivity contribution in [1.29, 1.82) is 0 Å². The molecule has 0 bridgehead atoms. The van der Waals surface area contributed by atoms with Crippen molar-refractivity contribution < 1.29 is 23.0 Å². The van der Waals surface area contributed by atoms with E-state index in [1.807, 2.05) is 50.2 Å². The standard InChI is InChI=1S/C35H37BrF2N8O4/c1-3-24(2)46-34(47)45(23-40-46)28-7-5-26(6-8-28)42-14-16-43(17-15-42)27-9-11-29(12-10-27)48-19-30-20-49-35(50-30,21-44-22-39-33(36)41-44)31-13-4-25(37)18-32(31)38/h4-13,18,22-24,30H,3,14-17,19-21H2,1-2H3/t24?,30-,35-/m1/s1. The van der Waals surface area contributed by atoms with Crippen LogP contribution in [-0.4, -0.2) is 74.6 Å². The Hall–Kier alpha value is -4.60. The molecule has 2 aliphatic heterocycles. The second-order valence-electron chi connectivity index (χ2n) is 12.4. The number of halogens is 3. The van der Waals surface area contributed by atoms with Gasteiger partial charge in [0.2, 0.25) is 10.5 Å². The zero-order chi connectivity index (χ0) is 34.8. The van der Waals surface area contributed by atoms with Crippen LogP contribution in [0.3, 0.4) is 0 Å². The van der Waals surface area contributed by atoms with Gasteiger partial charge in [-0.3, -0.25) is 0 Å². The van der Waals surface area contributed by atoms with Crippen molar-refractivity contribution >= 4 is 27.3 Å². The van der Waals surface area contributed by atoms with E-state index in [0.717, 1.165) is 55.7 Å². The number of hydrogen-bond acceptors (Lipinski definition) is 9. The van der Waals surface area contributed by atoms with Gasteiger partial charge < -0.3 is 24.0 Å². The Morgan fingerprint density at radius 1 is 0.960 bits per heavy atom. The van der Waals surface area contributed by atoms with E-state index in [2.05, 4.69) is 53.0 Å². The maximum absolute atomic E-state index is 14.9. The first-order valence-corrected chi connectivity index (χ1v) is 17.3. The molecular formula is C35H37BrF2N8O4. The van der Waals surface area contributed by atoms with Crippen LogP contribution < -0.4 is 20.2 Å². The van der Waals surface area contributed by atoms with E-state index in [1.54, 1.807) is 10.9 Å². The molecule has 0 spiro atoms. The van der Waals surface area contributed by atoms with Crippen LogP contribution in [0.5, 0.6) is 5.75 Å². The summed E-state index contributed by atoms with van der Waals surface area (Å²) in [7, 11) is 0. The van der Waals surface area contributed by atoms with Gasteiger partial charge >= 0.3 is 5.69 Å². The second kappa shape index (κ2) is 14.3. The molecule has 5 aromatic rings. The van der Waals surface area contributed by atoms with E-state index < -0.39 is 23.5 Å². The summed E-state index contributed by atoms with van der Waals surface area (Å²) in [6.07, 6.45) is 3.37. The fourth-order valence-corrected chi connectivity index (χ4v) is 6.57. The van der Waals surface area contributed by atoms with E-state index in [9.17, 15) is 13.6 Å². The van der Waals surface area contributed by atoms with Crippen molar-refractivity contribution in [2.24, 2.45) is 0 Å². The van der Waals surface area contributed by atoms with Crippen LogP contribution in [0.4, 0.5) is 20.2 Å². The molecule has 262 valence electrons. The lowest BCUT2D eigenvalue weighted by Gasteiger charge is -2.37. The monoisotopic (exact) mass is 750 g/mol. The molecule has 0 radical (unpaired) electrons. The molecule has 3 atom stereocenters. The minimum Gasteiger partial charge on any atom is -0.491 e. The molecular weight excluding hydrogens is 714 g/mol. The lowest BCUT2D eigenvalue weighted by molar-refractivity contribution is -0.192. The summed E-state index contributed by atoms with van der Waals surface area (Å²) >= 11 is 3.22. The number of benzene rings is 3. The van der Waals surface area contributed by atoms with Crippen LogP contribution in [0.2, 0.25) is 0 Å². The van der Waals surface area contributed by atoms with Crippen molar-refractivity contribution in [1.82, 2.24) is 29.1 Å². The van der Waals surface area contributed by atoms with Crippen LogP contribution >= 0.6 is 15.9 Å². The van der Waals surface area contributed by atoms with Crippen molar-refractivity contribution in [3.05, 3.63) is 112 Å². The van der Waals surface area contributed by atoms with Crippen molar-refractivity contribution in [3.63, 3.8) is 0 Å². The Morgan fingerprint density at radius 2 is 1.62 bits per heavy atom. The Bertz CT molecular complexity index is 1980. The fourth-order valence-electron chi connectivity index (χ4n) is 6.27. The first-order chi connectivity index (χ1) is 24.2. The molecule has 2 fully saturated rings. The van der Waals surface area contributed by atoms with Crippen LogP contribution in [-0.2, 0) is 21.8 Å². The van der Waals surface area contributed by atoms with Crippen molar-refractivity contribution in [2.75, 3.05) is 49.2 Å². The highest BCUT2D eigenvalue weighted by Crippen LogP contribution is 2.38. The van der Waals surface area contributed by atoms with Gasteiger partial charge in [0.15, 0.2) is 0 Å². The Morgan fingerprint density at radius 3 is 2.24 bits per heavy atom.